The number of sulfonamides is 2. The molecule has 13 heteroatoms. The van der Waals surface area contributed by atoms with E-state index in [1.54, 1.807) is 26.8 Å². The smallest absolute Gasteiger partial charge is 0.415 e. The Morgan fingerprint density at radius 2 is 1.48 bits per heavy atom. The highest BCUT2D eigenvalue weighted by Crippen LogP contribution is 2.48. The number of thiophene rings is 1. The molecule has 1 aliphatic carbocycles. The molecule has 1 unspecified atom stereocenters. The second kappa shape index (κ2) is 13.0. The van der Waals surface area contributed by atoms with Crippen molar-refractivity contribution >= 4 is 69.9 Å². The Hall–Kier alpha value is -3.10. The lowest BCUT2D eigenvalue weighted by Crippen LogP contribution is -2.69. The molecule has 4 heterocycles. The van der Waals surface area contributed by atoms with E-state index in [9.17, 15) is 21.6 Å². The molecule has 4 aliphatic rings. The Balaban J connectivity index is 1.09. The van der Waals surface area contributed by atoms with Crippen LogP contribution in [-0.4, -0.2) is 80.9 Å². The third kappa shape index (κ3) is 5.86. The number of aryl methyl sites for hydroxylation is 1. The number of allylic oxidation sites excluding steroid dienone is 2. The number of nitrogens with zero attached hydrogens (tertiary/aromatic N) is 3. The molecule has 1 atom stereocenters. The van der Waals surface area contributed by atoms with Crippen molar-refractivity contribution in [2.45, 2.75) is 74.1 Å². The SMILES string of the molecule is Cc1c(S(=O)(=O)N2CCC([N+]3(C4CCN(S(=O)(=O)c5ccc6ccccc6c5)CC4)C(=O)OCC4=CC(C)(C)CC=C43)CC2)sc2ccc(Cl)cc12. The average molecular weight is 781 g/mol. The number of halogens is 1. The summed E-state index contributed by atoms with van der Waals surface area (Å²) in [5.41, 5.74) is 2.55. The number of carbonyl (C=O) groups is 1. The van der Waals surface area contributed by atoms with Crippen LogP contribution >= 0.6 is 22.9 Å². The second-order valence-corrected chi connectivity index (χ2v) is 20.8. The van der Waals surface area contributed by atoms with E-state index in [2.05, 4.69) is 26.0 Å². The van der Waals surface area contributed by atoms with Crippen molar-refractivity contribution in [2.75, 3.05) is 32.8 Å². The van der Waals surface area contributed by atoms with E-state index in [0.29, 0.717) is 40.5 Å². The third-order valence-corrected chi connectivity index (χ3v) is 17.5. The fourth-order valence-electron chi connectivity index (χ4n) is 8.92. The minimum absolute atomic E-state index is 0.0138. The van der Waals surface area contributed by atoms with Crippen molar-refractivity contribution in [3.8, 4) is 0 Å². The Labute approximate surface area is 314 Å². The maximum atomic E-state index is 14.4. The lowest BCUT2D eigenvalue weighted by atomic mass is 9.79. The molecule has 3 aliphatic heterocycles. The standard InChI is InChI=1S/C39H43ClN3O6S3/c1-26-34-23-30(40)9-11-36(34)50-37(26)52(47,48)42-20-15-32(16-21-42)43(35-12-17-39(2,3)24-29(35)25-49-38(43)44)31-13-18-41(19-14-31)51(45,46)33-10-8-27-6-4-5-7-28(27)22-33/h4-12,22-24,31-32H,13-21,25H2,1-3H3/q+1. The summed E-state index contributed by atoms with van der Waals surface area (Å²) in [6.07, 6.45) is 6.73. The predicted octanol–water partition coefficient (Wildman–Crippen LogP) is 8.23. The number of quaternary nitrogens is 1. The van der Waals surface area contributed by atoms with Crippen molar-refractivity contribution in [1.82, 2.24) is 8.61 Å². The van der Waals surface area contributed by atoms with Gasteiger partial charge < -0.3 is 4.74 Å². The van der Waals surface area contributed by atoms with Gasteiger partial charge in [-0.25, -0.2) is 16.8 Å². The van der Waals surface area contributed by atoms with Gasteiger partial charge >= 0.3 is 6.09 Å². The molecular formula is C39H43ClN3O6S3+. The monoisotopic (exact) mass is 780 g/mol. The Morgan fingerprint density at radius 3 is 2.15 bits per heavy atom. The van der Waals surface area contributed by atoms with Gasteiger partial charge in [-0.05, 0) is 76.9 Å². The number of amides is 1. The number of ether oxygens (including phenoxy) is 1. The molecule has 274 valence electrons. The summed E-state index contributed by atoms with van der Waals surface area (Å²) in [6.45, 7) is 7.44. The minimum atomic E-state index is -3.80. The molecule has 0 bridgehead atoms. The van der Waals surface area contributed by atoms with E-state index in [0.717, 1.165) is 38.5 Å². The molecule has 3 saturated heterocycles. The first-order valence-corrected chi connectivity index (χ1v) is 22.0. The fourth-order valence-corrected chi connectivity index (χ4v) is 14.0. The van der Waals surface area contributed by atoms with Crippen molar-refractivity contribution in [1.29, 1.82) is 0 Å². The van der Waals surface area contributed by atoms with Gasteiger partial charge in [0.05, 0.1) is 4.90 Å². The van der Waals surface area contributed by atoms with Gasteiger partial charge in [0.25, 0.3) is 10.0 Å². The Morgan fingerprint density at radius 1 is 0.846 bits per heavy atom. The molecule has 3 fully saturated rings. The number of fused-ring (bicyclic) bond motifs is 3. The summed E-state index contributed by atoms with van der Waals surface area (Å²) in [5.74, 6) is 0. The number of rotatable bonds is 6. The van der Waals surface area contributed by atoms with E-state index in [-0.39, 0.29) is 65.8 Å². The van der Waals surface area contributed by atoms with Crippen LogP contribution in [0.15, 0.2) is 93.2 Å². The van der Waals surface area contributed by atoms with E-state index in [1.807, 2.05) is 49.4 Å². The van der Waals surface area contributed by atoms with Gasteiger partial charge in [0, 0.05) is 67.2 Å². The van der Waals surface area contributed by atoms with Gasteiger partial charge in [0.15, 0.2) is 0 Å². The van der Waals surface area contributed by atoms with E-state index in [1.165, 1.54) is 11.3 Å². The summed E-state index contributed by atoms with van der Waals surface area (Å²) in [5, 5.41) is 3.25. The largest absolute Gasteiger partial charge is 0.522 e. The highest BCUT2D eigenvalue weighted by Gasteiger charge is 2.60. The summed E-state index contributed by atoms with van der Waals surface area (Å²) >= 11 is 7.51. The van der Waals surface area contributed by atoms with Crippen molar-refractivity contribution < 1.29 is 30.9 Å². The van der Waals surface area contributed by atoms with Crippen LogP contribution in [0.25, 0.3) is 20.9 Å². The molecule has 8 rings (SSSR count). The first-order chi connectivity index (χ1) is 24.7. The number of hydrogen-bond donors (Lipinski definition) is 0. The molecule has 3 aromatic carbocycles. The number of cyclic esters (lactones) is 1. The third-order valence-electron chi connectivity index (χ3n) is 11.6. The fraction of sp³-hybridized carbons (Fsp3) is 0.410. The van der Waals surface area contributed by atoms with Crippen LogP contribution < -0.4 is 0 Å². The minimum Gasteiger partial charge on any atom is -0.415 e. The van der Waals surface area contributed by atoms with E-state index >= 15 is 0 Å². The second-order valence-electron chi connectivity index (χ2n) is 15.2. The predicted molar refractivity (Wildman–Crippen MR) is 205 cm³/mol. The average Bonchev–Trinajstić information content (AvgIpc) is 3.47. The quantitative estimate of drug-likeness (QED) is 0.183. The molecule has 1 aromatic heterocycles. The summed E-state index contributed by atoms with van der Waals surface area (Å²) < 4.78 is 66.5. The molecular weight excluding hydrogens is 738 g/mol. The first-order valence-electron chi connectivity index (χ1n) is 17.9. The van der Waals surface area contributed by atoms with Crippen LogP contribution in [0.1, 0.15) is 51.5 Å². The van der Waals surface area contributed by atoms with E-state index < -0.39 is 20.0 Å². The topological polar surface area (TPSA) is 101 Å². The van der Waals surface area contributed by atoms with Crippen molar-refractivity contribution in [2.24, 2.45) is 5.41 Å². The molecule has 0 radical (unpaired) electrons. The number of hydrogen-bond acceptors (Lipinski definition) is 7. The molecule has 1 amide bonds. The normalized spacial score (nSPS) is 24.0. The lowest BCUT2D eigenvalue weighted by Gasteiger charge is -2.53. The number of benzene rings is 3. The lowest BCUT2D eigenvalue weighted by molar-refractivity contribution is -0.875. The number of carbonyl (C=O) groups excluding carboxylic acids is 1. The summed E-state index contributed by atoms with van der Waals surface area (Å²) in [4.78, 5) is 14.7. The highest BCUT2D eigenvalue weighted by molar-refractivity contribution is 7.91. The van der Waals surface area contributed by atoms with E-state index in [4.69, 9.17) is 16.3 Å². The van der Waals surface area contributed by atoms with Crippen molar-refractivity contribution in [3.05, 3.63) is 94.7 Å². The van der Waals surface area contributed by atoms with Gasteiger partial charge in [-0.3, -0.25) is 0 Å². The summed E-state index contributed by atoms with van der Waals surface area (Å²) in [7, 11) is -7.56. The van der Waals surface area contributed by atoms with Gasteiger partial charge in [0.1, 0.15) is 28.6 Å². The van der Waals surface area contributed by atoms with Gasteiger partial charge in [-0.1, -0.05) is 61.9 Å². The molecule has 4 aromatic rings. The Bertz CT molecular complexity index is 2390. The van der Waals surface area contributed by atoms with Crippen molar-refractivity contribution in [3.63, 3.8) is 0 Å². The van der Waals surface area contributed by atoms with Crippen LogP contribution in [0.4, 0.5) is 4.79 Å². The first kappa shape index (κ1) is 35.9. The molecule has 9 nitrogen and oxygen atoms in total. The maximum absolute atomic E-state index is 14.4. The molecule has 0 saturated carbocycles. The van der Waals surface area contributed by atoms with Crippen LogP contribution in [0.2, 0.25) is 5.02 Å². The zero-order chi connectivity index (χ0) is 36.6. The molecule has 0 spiro atoms. The maximum Gasteiger partial charge on any atom is 0.522 e. The van der Waals surface area contributed by atoms with Gasteiger partial charge in [-0.15, -0.1) is 11.3 Å². The van der Waals surface area contributed by atoms with Gasteiger partial charge in [-0.2, -0.15) is 17.9 Å². The zero-order valence-electron chi connectivity index (χ0n) is 29.5. The Kier molecular flexibility index (Phi) is 9.00. The van der Waals surface area contributed by atoms with Crippen LogP contribution in [-0.2, 0) is 24.8 Å². The zero-order valence-corrected chi connectivity index (χ0v) is 32.8. The van der Waals surface area contributed by atoms with Crippen LogP contribution in [0.3, 0.4) is 0 Å². The number of piperidine rings is 2. The van der Waals surface area contributed by atoms with Crippen LogP contribution in [0, 0.1) is 12.3 Å². The highest BCUT2D eigenvalue weighted by atomic mass is 35.5. The summed E-state index contributed by atoms with van der Waals surface area (Å²) in [6, 6.07) is 17.9. The van der Waals surface area contributed by atoms with Crippen LogP contribution in [0.5, 0.6) is 0 Å². The molecule has 0 N–H and O–H groups in total. The molecule has 52 heavy (non-hydrogen) atoms. The van der Waals surface area contributed by atoms with Gasteiger partial charge in [0.2, 0.25) is 10.0 Å².